The minimum atomic E-state index is -0.124. The summed E-state index contributed by atoms with van der Waals surface area (Å²) in [6, 6.07) is 28.8. The SMILES string of the molecule is O=C1NC(c2cccc3ccccc23)C(c2cccc3ccccc23)N1. The zero-order valence-corrected chi connectivity index (χ0v) is 14.1. The molecule has 1 aliphatic heterocycles. The molecule has 3 nitrogen and oxygen atoms in total. The molecule has 1 saturated heterocycles. The second-order valence-corrected chi connectivity index (χ2v) is 6.71. The van der Waals surface area contributed by atoms with Gasteiger partial charge in [0, 0.05) is 0 Å². The zero-order chi connectivity index (χ0) is 17.5. The molecule has 0 spiro atoms. The summed E-state index contributed by atoms with van der Waals surface area (Å²) in [5.74, 6) is 0. The third kappa shape index (κ3) is 2.32. The van der Waals surface area contributed by atoms with E-state index in [1.165, 1.54) is 21.5 Å². The third-order valence-corrected chi connectivity index (χ3v) is 5.22. The molecule has 1 fully saturated rings. The second kappa shape index (κ2) is 5.88. The van der Waals surface area contributed by atoms with E-state index in [1.807, 2.05) is 24.3 Å². The molecule has 5 rings (SSSR count). The molecule has 0 radical (unpaired) electrons. The molecular weight excluding hydrogens is 320 g/mol. The highest BCUT2D eigenvalue weighted by molar-refractivity contribution is 5.90. The molecule has 4 aromatic carbocycles. The van der Waals surface area contributed by atoms with E-state index in [9.17, 15) is 4.79 Å². The van der Waals surface area contributed by atoms with E-state index in [0.717, 1.165) is 11.1 Å². The van der Waals surface area contributed by atoms with Crippen molar-refractivity contribution in [1.29, 1.82) is 0 Å². The number of rotatable bonds is 2. The van der Waals surface area contributed by atoms with Crippen LogP contribution in [0.4, 0.5) is 4.79 Å². The van der Waals surface area contributed by atoms with Gasteiger partial charge >= 0.3 is 6.03 Å². The number of hydrogen-bond acceptors (Lipinski definition) is 1. The fraction of sp³-hybridized carbons (Fsp3) is 0.0870. The molecule has 1 aliphatic rings. The smallest absolute Gasteiger partial charge is 0.315 e. The fourth-order valence-electron chi connectivity index (χ4n) is 4.05. The van der Waals surface area contributed by atoms with Crippen LogP contribution in [0, 0.1) is 0 Å². The molecule has 2 atom stereocenters. The molecule has 0 aliphatic carbocycles. The van der Waals surface area contributed by atoms with Crippen LogP contribution in [0.1, 0.15) is 23.2 Å². The number of carbonyl (C=O) groups is 1. The maximum Gasteiger partial charge on any atom is 0.315 e. The molecule has 2 N–H and O–H groups in total. The van der Waals surface area contributed by atoms with Gasteiger partial charge in [0.1, 0.15) is 0 Å². The van der Waals surface area contributed by atoms with Crippen molar-refractivity contribution >= 4 is 27.6 Å². The van der Waals surface area contributed by atoms with E-state index in [1.54, 1.807) is 0 Å². The molecule has 0 saturated carbocycles. The normalized spacial score (nSPS) is 19.5. The quantitative estimate of drug-likeness (QED) is 0.525. The monoisotopic (exact) mass is 338 g/mol. The molecule has 2 unspecified atom stereocenters. The van der Waals surface area contributed by atoms with Crippen LogP contribution in [-0.2, 0) is 0 Å². The zero-order valence-electron chi connectivity index (χ0n) is 14.1. The standard InChI is InChI=1S/C23H18N2O/c26-23-24-21(19-13-5-9-15-7-1-3-11-17(15)19)22(25-23)20-14-6-10-16-8-2-4-12-18(16)20/h1-14,21-22H,(H2,24,25,26). The Morgan fingerprint density at radius 2 is 0.962 bits per heavy atom. The highest BCUT2D eigenvalue weighted by Gasteiger charge is 2.35. The van der Waals surface area contributed by atoms with Gasteiger partial charge in [0.25, 0.3) is 0 Å². The predicted octanol–water partition coefficient (Wildman–Crippen LogP) is 5.09. The largest absolute Gasteiger partial charge is 0.329 e. The van der Waals surface area contributed by atoms with Gasteiger partial charge in [-0.2, -0.15) is 0 Å². The molecule has 2 amide bonds. The van der Waals surface area contributed by atoms with E-state index < -0.39 is 0 Å². The lowest BCUT2D eigenvalue weighted by molar-refractivity contribution is 0.247. The molecule has 3 heteroatoms. The van der Waals surface area contributed by atoms with Gasteiger partial charge in [-0.25, -0.2) is 4.79 Å². The van der Waals surface area contributed by atoms with Gasteiger partial charge in [-0.15, -0.1) is 0 Å². The highest BCUT2D eigenvalue weighted by Crippen LogP contribution is 2.38. The van der Waals surface area contributed by atoms with Gasteiger partial charge in [0.2, 0.25) is 0 Å². The minimum Gasteiger partial charge on any atom is -0.329 e. The van der Waals surface area contributed by atoms with Crippen molar-refractivity contribution in [1.82, 2.24) is 10.6 Å². The van der Waals surface area contributed by atoms with Crippen molar-refractivity contribution in [3.63, 3.8) is 0 Å². The molecule has 4 aromatic rings. The Bertz CT molecular complexity index is 1040. The molecule has 0 bridgehead atoms. The van der Waals surface area contributed by atoms with Crippen LogP contribution < -0.4 is 10.6 Å². The minimum absolute atomic E-state index is 0.112. The van der Waals surface area contributed by atoms with Gasteiger partial charge in [0.05, 0.1) is 12.1 Å². The lowest BCUT2D eigenvalue weighted by atomic mass is 9.89. The van der Waals surface area contributed by atoms with Crippen LogP contribution >= 0.6 is 0 Å². The molecule has 26 heavy (non-hydrogen) atoms. The van der Waals surface area contributed by atoms with Crippen LogP contribution in [0.15, 0.2) is 84.9 Å². The fourth-order valence-corrected chi connectivity index (χ4v) is 4.05. The number of amides is 2. The predicted molar refractivity (Wildman–Crippen MR) is 105 cm³/mol. The van der Waals surface area contributed by atoms with E-state index >= 15 is 0 Å². The average molecular weight is 338 g/mol. The van der Waals surface area contributed by atoms with Crippen molar-refractivity contribution in [2.75, 3.05) is 0 Å². The highest BCUT2D eigenvalue weighted by atomic mass is 16.2. The summed E-state index contributed by atoms with van der Waals surface area (Å²) < 4.78 is 0. The Morgan fingerprint density at radius 1 is 0.538 bits per heavy atom. The number of urea groups is 1. The summed E-state index contributed by atoms with van der Waals surface area (Å²) in [5.41, 5.74) is 2.28. The molecule has 1 heterocycles. The summed E-state index contributed by atoms with van der Waals surface area (Å²) in [6.07, 6.45) is 0. The van der Waals surface area contributed by atoms with E-state index in [-0.39, 0.29) is 18.1 Å². The summed E-state index contributed by atoms with van der Waals surface area (Å²) in [4.78, 5) is 12.3. The maximum atomic E-state index is 12.3. The Hall–Kier alpha value is -3.33. The van der Waals surface area contributed by atoms with Crippen molar-refractivity contribution < 1.29 is 4.79 Å². The summed E-state index contributed by atoms with van der Waals surface area (Å²) in [5, 5.41) is 11.0. The van der Waals surface area contributed by atoms with Crippen molar-refractivity contribution in [3.05, 3.63) is 96.1 Å². The third-order valence-electron chi connectivity index (χ3n) is 5.22. The van der Waals surface area contributed by atoms with Crippen LogP contribution in [-0.4, -0.2) is 6.03 Å². The van der Waals surface area contributed by atoms with E-state index in [4.69, 9.17) is 0 Å². The molecule has 126 valence electrons. The maximum absolute atomic E-state index is 12.3. The van der Waals surface area contributed by atoms with Crippen LogP contribution in [0.3, 0.4) is 0 Å². The Kier molecular flexibility index (Phi) is 3.39. The van der Waals surface area contributed by atoms with E-state index in [2.05, 4.69) is 71.3 Å². The number of benzene rings is 4. The summed E-state index contributed by atoms with van der Waals surface area (Å²) in [7, 11) is 0. The van der Waals surface area contributed by atoms with Crippen LogP contribution in [0.2, 0.25) is 0 Å². The van der Waals surface area contributed by atoms with Gasteiger partial charge in [-0.3, -0.25) is 0 Å². The number of nitrogens with one attached hydrogen (secondary N) is 2. The van der Waals surface area contributed by atoms with Gasteiger partial charge < -0.3 is 10.6 Å². The Labute approximate surface area is 151 Å². The topological polar surface area (TPSA) is 41.1 Å². The van der Waals surface area contributed by atoms with Crippen LogP contribution in [0.5, 0.6) is 0 Å². The number of carbonyl (C=O) groups excluding carboxylic acids is 1. The summed E-state index contributed by atoms with van der Waals surface area (Å²) >= 11 is 0. The lowest BCUT2D eigenvalue weighted by Crippen LogP contribution is -2.22. The second-order valence-electron chi connectivity index (χ2n) is 6.71. The number of hydrogen-bond donors (Lipinski definition) is 2. The Morgan fingerprint density at radius 3 is 1.46 bits per heavy atom. The van der Waals surface area contributed by atoms with Gasteiger partial charge in [-0.1, -0.05) is 84.9 Å². The molecular formula is C23H18N2O. The van der Waals surface area contributed by atoms with Crippen molar-refractivity contribution in [2.24, 2.45) is 0 Å². The first-order valence-corrected chi connectivity index (χ1v) is 8.83. The van der Waals surface area contributed by atoms with Crippen molar-refractivity contribution in [2.45, 2.75) is 12.1 Å². The summed E-state index contributed by atoms with van der Waals surface area (Å²) in [6.45, 7) is 0. The average Bonchev–Trinajstić information content (AvgIpc) is 3.08. The first-order chi connectivity index (χ1) is 12.8. The van der Waals surface area contributed by atoms with Gasteiger partial charge in [-0.05, 0) is 32.7 Å². The van der Waals surface area contributed by atoms with E-state index in [0.29, 0.717) is 0 Å². The Balaban J connectivity index is 1.70. The van der Waals surface area contributed by atoms with Crippen molar-refractivity contribution in [3.8, 4) is 0 Å². The molecule has 0 aromatic heterocycles. The first-order valence-electron chi connectivity index (χ1n) is 8.83. The lowest BCUT2D eigenvalue weighted by Gasteiger charge is -2.22. The number of fused-ring (bicyclic) bond motifs is 2. The van der Waals surface area contributed by atoms with Gasteiger partial charge in [0.15, 0.2) is 0 Å². The first kappa shape index (κ1) is 15.0. The van der Waals surface area contributed by atoms with Crippen LogP contribution in [0.25, 0.3) is 21.5 Å².